The van der Waals surface area contributed by atoms with Crippen molar-refractivity contribution in [1.82, 2.24) is 4.90 Å². The van der Waals surface area contributed by atoms with Crippen LogP contribution in [0.5, 0.6) is 17.2 Å². The van der Waals surface area contributed by atoms with E-state index in [2.05, 4.69) is 53.4 Å². The minimum absolute atomic E-state index is 0.00823. The molecule has 0 spiro atoms. The summed E-state index contributed by atoms with van der Waals surface area (Å²) in [5, 5.41) is 9.75. The van der Waals surface area contributed by atoms with Gasteiger partial charge in [0.25, 0.3) is 0 Å². The molecule has 5 nitrogen and oxygen atoms in total. The van der Waals surface area contributed by atoms with E-state index in [1.54, 1.807) is 37.4 Å². The zero-order valence-electron chi connectivity index (χ0n) is 22.0. The standard InChI is InChI=1S/C33H35NO4/c1-25(35)29-16-19-32(33(22-29)37-2)38-21-9-20-34(23-26-14-17-30(36)18-15-26)24-31(27-10-5-3-6-11-27)28-12-7-4-8-13-28/h3-8,10-19,22,31,36H,9,20-21,23-24H2,1-2H3. The fourth-order valence-electron chi connectivity index (χ4n) is 4.60. The van der Waals surface area contributed by atoms with Crippen LogP contribution in [-0.4, -0.2) is 42.6 Å². The van der Waals surface area contributed by atoms with Gasteiger partial charge in [0.15, 0.2) is 17.3 Å². The second-order valence-electron chi connectivity index (χ2n) is 9.40. The van der Waals surface area contributed by atoms with Crippen LogP contribution in [0.4, 0.5) is 0 Å². The van der Waals surface area contributed by atoms with E-state index in [4.69, 9.17) is 9.47 Å². The predicted molar refractivity (Wildman–Crippen MR) is 151 cm³/mol. The molecule has 0 saturated carbocycles. The number of carbonyl (C=O) groups is 1. The fourth-order valence-corrected chi connectivity index (χ4v) is 4.60. The molecule has 4 rings (SSSR count). The van der Waals surface area contributed by atoms with Crippen LogP contribution in [0, 0.1) is 0 Å². The van der Waals surface area contributed by atoms with E-state index in [1.165, 1.54) is 18.1 Å². The average molecular weight is 510 g/mol. The van der Waals surface area contributed by atoms with E-state index >= 15 is 0 Å². The van der Waals surface area contributed by atoms with Crippen molar-refractivity contribution in [3.05, 3.63) is 125 Å². The predicted octanol–water partition coefficient (Wildman–Crippen LogP) is 6.71. The van der Waals surface area contributed by atoms with Crippen LogP contribution in [-0.2, 0) is 6.54 Å². The van der Waals surface area contributed by atoms with E-state index in [-0.39, 0.29) is 17.5 Å². The first kappa shape index (κ1) is 27.0. The quantitative estimate of drug-likeness (QED) is 0.160. The second kappa shape index (κ2) is 13.5. The first-order chi connectivity index (χ1) is 18.5. The molecule has 0 saturated heterocycles. The molecule has 0 fully saturated rings. The zero-order valence-corrected chi connectivity index (χ0v) is 22.0. The highest BCUT2D eigenvalue weighted by Crippen LogP contribution is 2.29. The molecule has 0 aliphatic carbocycles. The third-order valence-electron chi connectivity index (χ3n) is 6.63. The summed E-state index contributed by atoms with van der Waals surface area (Å²) < 4.78 is 11.5. The number of methoxy groups -OCH3 is 1. The highest BCUT2D eigenvalue weighted by Gasteiger charge is 2.19. The molecule has 1 N–H and O–H groups in total. The topological polar surface area (TPSA) is 59.0 Å². The maximum Gasteiger partial charge on any atom is 0.161 e. The molecule has 196 valence electrons. The molecule has 38 heavy (non-hydrogen) atoms. The molecule has 4 aromatic rings. The number of aromatic hydroxyl groups is 1. The number of Topliss-reactive ketones (excluding diaryl/α,β-unsaturated/α-hetero) is 1. The van der Waals surface area contributed by atoms with E-state index < -0.39 is 0 Å². The van der Waals surface area contributed by atoms with Crippen molar-refractivity contribution in [3.63, 3.8) is 0 Å². The van der Waals surface area contributed by atoms with Crippen molar-refractivity contribution in [2.75, 3.05) is 26.8 Å². The van der Waals surface area contributed by atoms with Crippen LogP contribution in [0.1, 0.15) is 46.3 Å². The summed E-state index contributed by atoms with van der Waals surface area (Å²) in [4.78, 5) is 14.1. The number of nitrogens with zero attached hydrogens (tertiary/aromatic N) is 1. The van der Waals surface area contributed by atoms with Gasteiger partial charge in [-0.05, 0) is 60.4 Å². The van der Waals surface area contributed by atoms with Crippen LogP contribution in [0.2, 0.25) is 0 Å². The highest BCUT2D eigenvalue weighted by molar-refractivity contribution is 5.94. The number of hydrogen-bond acceptors (Lipinski definition) is 5. The SMILES string of the molecule is COc1cc(C(C)=O)ccc1OCCCN(Cc1ccc(O)cc1)CC(c1ccccc1)c1ccccc1. The van der Waals surface area contributed by atoms with Crippen molar-refractivity contribution in [1.29, 1.82) is 0 Å². The number of benzene rings is 4. The summed E-state index contributed by atoms with van der Waals surface area (Å²) in [5.41, 5.74) is 4.30. The van der Waals surface area contributed by atoms with Crippen LogP contribution >= 0.6 is 0 Å². The monoisotopic (exact) mass is 509 g/mol. The Morgan fingerprint density at radius 3 is 2.05 bits per heavy atom. The van der Waals surface area contributed by atoms with Gasteiger partial charge in [0, 0.05) is 31.1 Å². The number of ketones is 1. The van der Waals surface area contributed by atoms with Gasteiger partial charge in [-0.15, -0.1) is 0 Å². The normalized spacial score (nSPS) is 11.1. The molecule has 0 aliphatic rings. The van der Waals surface area contributed by atoms with Crippen molar-refractivity contribution in [2.24, 2.45) is 0 Å². The molecule has 0 atom stereocenters. The Kier molecular flexibility index (Phi) is 9.54. The Labute approximate surface area is 225 Å². The minimum Gasteiger partial charge on any atom is -0.508 e. The first-order valence-corrected chi connectivity index (χ1v) is 13.0. The van der Waals surface area contributed by atoms with Crippen LogP contribution in [0.15, 0.2) is 103 Å². The van der Waals surface area contributed by atoms with E-state index in [0.717, 1.165) is 31.6 Å². The Balaban J connectivity index is 1.48. The maximum atomic E-state index is 11.7. The molecule has 0 aromatic heterocycles. The summed E-state index contributed by atoms with van der Waals surface area (Å²) in [6, 6.07) is 33.9. The van der Waals surface area contributed by atoms with Gasteiger partial charge in [-0.2, -0.15) is 0 Å². The summed E-state index contributed by atoms with van der Waals surface area (Å²) >= 11 is 0. The lowest BCUT2D eigenvalue weighted by atomic mass is 9.90. The van der Waals surface area contributed by atoms with Gasteiger partial charge in [0.1, 0.15) is 5.75 Å². The van der Waals surface area contributed by atoms with Gasteiger partial charge < -0.3 is 14.6 Å². The van der Waals surface area contributed by atoms with E-state index in [9.17, 15) is 9.90 Å². The number of rotatable bonds is 13. The van der Waals surface area contributed by atoms with E-state index in [1.807, 2.05) is 24.3 Å². The second-order valence-corrected chi connectivity index (χ2v) is 9.40. The van der Waals surface area contributed by atoms with Gasteiger partial charge in [-0.25, -0.2) is 0 Å². The summed E-state index contributed by atoms with van der Waals surface area (Å²) in [6.07, 6.45) is 0.812. The summed E-state index contributed by atoms with van der Waals surface area (Å²) in [6.45, 7) is 4.48. The van der Waals surface area contributed by atoms with Gasteiger partial charge in [0.05, 0.1) is 13.7 Å². The van der Waals surface area contributed by atoms with Crippen molar-refractivity contribution < 1.29 is 19.4 Å². The Morgan fingerprint density at radius 1 is 0.842 bits per heavy atom. The number of carbonyl (C=O) groups excluding carboxylic acids is 1. The van der Waals surface area contributed by atoms with Crippen molar-refractivity contribution >= 4 is 5.78 Å². The zero-order chi connectivity index (χ0) is 26.7. The van der Waals surface area contributed by atoms with Crippen LogP contribution in [0.3, 0.4) is 0 Å². The molecule has 0 heterocycles. The maximum absolute atomic E-state index is 11.7. The lowest BCUT2D eigenvalue weighted by Crippen LogP contribution is -2.30. The fraction of sp³-hybridized carbons (Fsp3) is 0.242. The summed E-state index contributed by atoms with van der Waals surface area (Å²) in [7, 11) is 1.58. The Bertz CT molecular complexity index is 1250. The lowest BCUT2D eigenvalue weighted by molar-refractivity contribution is 0.101. The molecule has 4 aromatic carbocycles. The first-order valence-electron chi connectivity index (χ1n) is 13.0. The molecule has 0 radical (unpaired) electrons. The average Bonchev–Trinajstić information content (AvgIpc) is 2.95. The van der Waals surface area contributed by atoms with E-state index in [0.29, 0.717) is 23.7 Å². The van der Waals surface area contributed by atoms with Crippen molar-refractivity contribution in [3.8, 4) is 17.2 Å². The third-order valence-corrected chi connectivity index (χ3v) is 6.63. The molecule has 0 amide bonds. The summed E-state index contributed by atoms with van der Waals surface area (Å²) in [5.74, 6) is 1.67. The van der Waals surface area contributed by atoms with Gasteiger partial charge in [-0.1, -0.05) is 72.8 Å². The Morgan fingerprint density at radius 2 is 1.47 bits per heavy atom. The molecule has 5 heteroatoms. The minimum atomic E-state index is -0.00823. The lowest BCUT2D eigenvalue weighted by Gasteiger charge is -2.28. The van der Waals surface area contributed by atoms with Gasteiger partial charge in [-0.3, -0.25) is 9.69 Å². The van der Waals surface area contributed by atoms with Gasteiger partial charge in [0.2, 0.25) is 0 Å². The number of phenols is 1. The number of hydrogen-bond donors (Lipinski definition) is 1. The molecular formula is C33H35NO4. The third kappa shape index (κ3) is 7.46. The molecule has 0 bridgehead atoms. The molecule has 0 unspecified atom stereocenters. The number of phenolic OH excluding ortho intramolecular Hbond substituents is 1. The largest absolute Gasteiger partial charge is 0.508 e. The van der Waals surface area contributed by atoms with Crippen LogP contribution < -0.4 is 9.47 Å². The Hall–Kier alpha value is -4.09. The highest BCUT2D eigenvalue weighted by atomic mass is 16.5. The molecular weight excluding hydrogens is 474 g/mol. The van der Waals surface area contributed by atoms with Crippen LogP contribution in [0.25, 0.3) is 0 Å². The van der Waals surface area contributed by atoms with Gasteiger partial charge >= 0.3 is 0 Å². The number of ether oxygens (including phenoxy) is 2. The smallest absolute Gasteiger partial charge is 0.161 e. The van der Waals surface area contributed by atoms with Crippen molar-refractivity contribution in [2.45, 2.75) is 25.8 Å². The molecule has 0 aliphatic heterocycles.